The highest BCUT2D eigenvalue weighted by Gasteiger charge is 2.35. The monoisotopic (exact) mass is 436 g/mol. The van der Waals surface area contributed by atoms with Gasteiger partial charge in [0, 0.05) is 11.6 Å². The molecule has 0 radical (unpaired) electrons. The van der Waals surface area contributed by atoms with Gasteiger partial charge in [-0.05, 0) is 58.4 Å². The minimum atomic E-state index is -0.344. The maximum Gasteiger partial charge on any atom is 0.293 e. The Morgan fingerprint density at radius 2 is 1.72 bits per heavy atom. The Bertz CT molecular complexity index is 1440. The number of furan rings is 1. The third-order valence-electron chi connectivity index (χ3n) is 5.24. The molecule has 1 fully saturated rings. The summed E-state index contributed by atoms with van der Waals surface area (Å²) in [5, 5.41) is 11.2. The molecule has 2 amide bonds. The van der Waals surface area contributed by atoms with Gasteiger partial charge in [-0.1, -0.05) is 48.5 Å². The fraction of sp³-hybridized carbons (Fsp3) is 0.0385. The molecule has 6 heteroatoms. The first-order valence-corrected chi connectivity index (χ1v) is 10.8. The number of hydrogen-bond acceptors (Lipinski definition) is 5. The molecule has 5 rings (SSSR count). The maximum absolute atomic E-state index is 12.9. The largest absolute Gasteiger partial charge is 0.457 e. The van der Waals surface area contributed by atoms with Crippen molar-refractivity contribution in [2.45, 2.75) is 6.54 Å². The van der Waals surface area contributed by atoms with E-state index in [1.165, 1.54) is 4.90 Å². The van der Waals surface area contributed by atoms with Gasteiger partial charge < -0.3 is 4.42 Å². The van der Waals surface area contributed by atoms with E-state index in [9.17, 15) is 14.9 Å². The van der Waals surface area contributed by atoms with E-state index in [0.29, 0.717) is 27.6 Å². The lowest BCUT2D eigenvalue weighted by molar-refractivity contribution is -0.123. The highest BCUT2D eigenvalue weighted by Crippen LogP contribution is 2.35. The maximum atomic E-state index is 12.9. The highest BCUT2D eigenvalue weighted by molar-refractivity contribution is 8.18. The molecule has 0 N–H and O–H groups in total. The molecule has 4 aromatic rings. The van der Waals surface area contributed by atoms with Crippen molar-refractivity contribution in [1.29, 1.82) is 5.26 Å². The average molecular weight is 436 g/mol. The molecule has 1 aliphatic rings. The number of thioether (sulfide) groups is 1. The molecule has 1 aromatic heterocycles. The fourth-order valence-electron chi connectivity index (χ4n) is 3.66. The smallest absolute Gasteiger partial charge is 0.293 e. The van der Waals surface area contributed by atoms with Crippen LogP contribution in [0.15, 0.2) is 88.2 Å². The van der Waals surface area contributed by atoms with Gasteiger partial charge in [0.15, 0.2) is 0 Å². The molecule has 0 aliphatic carbocycles. The van der Waals surface area contributed by atoms with Gasteiger partial charge in [-0.15, -0.1) is 0 Å². The Labute approximate surface area is 188 Å². The van der Waals surface area contributed by atoms with Crippen LogP contribution in [0.1, 0.15) is 16.9 Å². The number of nitrogens with zero attached hydrogens (tertiary/aromatic N) is 2. The molecule has 0 unspecified atom stereocenters. The van der Waals surface area contributed by atoms with Crippen LogP contribution in [0.25, 0.3) is 28.2 Å². The molecule has 0 spiro atoms. The first-order chi connectivity index (χ1) is 15.6. The van der Waals surface area contributed by atoms with E-state index in [0.717, 1.165) is 28.1 Å². The van der Waals surface area contributed by atoms with Gasteiger partial charge in [0.1, 0.15) is 11.5 Å². The quantitative estimate of drug-likeness (QED) is 0.356. The SMILES string of the molecule is N#Cc1ccccc1-c1ccc(/C=C2\SC(=O)N(Cc3ccc4ccccc4c3)C2=O)o1. The van der Waals surface area contributed by atoms with Gasteiger partial charge >= 0.3 is 0 Å². The van der Waals surface area contributed by atoms with E-state index < -0.39 is 0 Å². The van der Waals surface area contributed by atoms with Crippen LogP contribution in [0.4, 0.5) is 4.79 Å². The molecule has 32 heavy (non-hydrogen) atoms. The molecule has 0 atom stereocenters. The molecule has 3 aromatic carbocycles. The Hall–Kier alpha value is -4.08. The number of carbonyl (C=O) groups is 2. The van der Waals surface area contributed by atoms with Crippen LogP contribution >= 0.6 is 11.8 Å². The molecular weight excluding hydrogens is 420 g/mol. The fourth-order valence-corrected chi connectivity index (χ4v) is 4.47. The predicted molar refractivity (Wildman–Crippen MR) is 124 cm³/mol. The van der Waals surface area contributed by atoms with Crippen LogP contribution < -0.4 is 0 Å². The van der Waals surface area contributed by atoms with Gasteiger partial charge in [-0.2, -0.15) is 5.26 Å². The molecule has 0 bridgehead atoms. The summed E-state index contributed by atoms with van der Waals surface area (Å²) in [6, 6.07) is 26.6. The summed E-state index contributed by atoms with van der Waals surface area (Å²) in [6.07, 6.45) is 1.57. The van der Waals surface area contributed by atoms with Crippen LogP contribution in [0.5, 0.6) is 0 Å². The number of hydrogen-bond donors (Lipinski definition) is 0. The van der Waals surface area contributed by atoms with E-state index >= 15 is 0 Å². The van der Waals surface area contributed by atoms with E-state index in [2.05, 4.69) is 6.07 Å². The molecule has 2 heterocycles. The van der Waals surface area contributed by atoms with Crippen molar-refractivity contribution in [1.82, 2.24) is 4.90 Å². The van der Waals surface area contributed by atoms with Crippen LogP contribution in [-0.2, 0) is 11.3 Å². The van der Waals surface area contributed by atoms with Crippen LogP contribution in [0.3, 0.4) is 0 Å². The topological polar surface area (TPSA) is 74.3 Å². The first kappa shape index (κ1) is 19.9. The van der Waals surface area contributed by atoms with Gasteiger partial charge in [0.05, 0.1) is 23.1 Å². The molecule has 1 saturated heterocycles. The summed E-state index contributed by atoms with van der Waals surface area (Å²) in [7, 11) is 0. The number of amides is 2. The zero-order chi connectivity index (χ0) is 22.1. The summed E-state index contributed by atoms with van der Waals surface area (Å²) >= 11 is 0.898. The van der Waals surface area contributed by atoms with Crippen molar-refractivity contribution >= 4 is 39.8 Å². The molecule has 1 aliphatic heterocycles. The van der Waals surface area contributed by atoms with E-state index in [-0.39, 0.29) is 17.7 Å². The Morgan fingerprint density at radius 1 is 0.938 bits per heavy atom. The summed E-state index contributed by atoms with van der Waals surface area (Å²) in [5.74, 6) is 0.635. The van der Waals surface area contributed by atoms with Crippen LogP contribution in [0.2, 0.25) is 0 Å². The number of benzene rings is 3. The molecule has 0 saturated carbocycles. The molecular formula is C26H16N2O3S. The lowest BCUT2D eigenvalue weighted by atomic mass is 10.1. The Kier molecular flexibility index (Phi) is 5.10. The second-order valence-electron chi connectivity index (χ2n) is 7.31. The zero-order valence-corrected chi connectivity index (χ0v) is 17.6. The third kappa shape index (κ3) is 3.70. The van der Waals surface area contributed by atoms with Gasteiger partial charge in [0.2, 0.25) is 0 Å². The number of nitriles is 1. The summed E-state index contributed by atoms with van der Waals surface area (Å²) in [5.41, 5.74) is 2.07. The van der Waals surface area contributed by atoms with Crippen molar-refractivity contribution in [2.24, 2.45) is 0 Å². The van der Waals surface area contributed by atoms with Crippen molar-refractivity contribution in [3.63, 3.8) is 0 Å². The standard InChI is InChI=1S/C26H16N2O3S/c27-15-20-7-3-4-8-22(20)23-12-11-21(31-23)14-24-25(29)28(26(30)32-24)16-17-9-10-18-5-1-2-6-19(18)13-17/h1-14H,16H2/b24-14-. The minimum absolute atomic E-state index is 0.214. The summed E-state index contributed by atoms with van der Waals surface area (Å²) < 4.78 is 5.84. The Morgan fingerprint density at radius 3 is 2.56 bits per heavy atom. The molecule has 5 nitrogen and oxygen atoms in total. The number of rotatable bonds is 4. The highest BCUT2D eigenvalue weighted by atomic mass is 32.2. The van der Waals surface area contributed by atoms with Crippen molar-refractivity contribution in [2.75, 3.05) is 0 Å². The third-order valence-corrected chi connectivity index (χ3v) is 6.15. The normalized spacial score (nSPS) is 15.0. The van der Waals surface area contributed by atoms with Crippen LogP contribution in [-0.4, -0.2) is 16.0 Å². The second-order valence-corrected chi connectivity index (χ2v) is 8.30. The van der Waals surface area contributed by atoms with Crippen molar-refractivity contribution < 1.29 is 14.0 Å². The van der Waals surface area contributed by atoms with Crippen LogP contribution in [0, 0.1) is 11.3 Å². The summed E-state index contributed by atoms with van der Waals surface area (Å²) in [6.45, 7) is 0.214. The van der Waals surface area contributed by atoms with Gasteiger partial charge in [0.25, 0.3) is 11.1 Å². The minimum Gasteiger partial charge on any atom is -0.457 e. The van der Waals surface area contributed by atoms with E-state index in [1.807, 2.05) is 48.5 Å². The van der Waals surface area contributed by atoms with E-state index in [1.54, 1.807) is 36.4 Å². The predicted octanol–water partition coefficient (Wildman–Crippen LogP) is 6.21. The number of imide groups is 1. The molecule has 154 valence electrons. The van der Waals surface area contributed by atoms with Crippen molar-refractivity contribution in [3.05, 3.63) is 101 Å². The van der Waals surface area contributed by atoms with Crippen molar-refractivity contribution in [3.8, 4) is 17.4 Å². The number of carbonyl (C=O) groups excluding carboxylic acids is 2. The van der Waals surface area contributed by atoms with Gasteiger partial charge in [-0.25, -0.2) is 0 Å². The first-order valence-electron chi connectivity index (χ1n) is 9.95. The van der Waals surface area contributed by atoms with Gasteiger partial charge in [-0.3, -0.25) is 14.5 Å². The zero-order valence-electron chi connectivity index (χ0n) is 16.8. The Balaban J connectivity index is 1.38. The average Bonchev–Trinajstić information content (AvgIpc) is 3.39. The summed E-state index contributed by atoms with van der Waals surface area (Å²) in [4.78, 5) is 27.0. The second kappa shape index (κ2) is 8.22. The van der Waals surface area contributed by atoms with E-state index in [4.69, 9.17) is 4.42 Å². The lowest BCUT2D eigenvalue weighted by Gasteiger charge is -2.13. The number of fused-ring (bicyclic) bond motifs is 1. The lowest BCUT2D eigenvalue weighted by Crippen LogP contribution is -2.27.